The molecule has 0 aromatic rings. The van der Waals surface area contributed by atoms with E-state index in [-0.39, 0.29) is 5.92 Å². The first-order chi connectivity index (χ1) is 5.61. The van der Waals surface area contributed by atoms with E-state index in [0.717, 1.165) is 6.42 Å². The Balaban J connectivity index is 4.02. The molecule has 0 saturated carbocycles. The summed E-state index contributed by atoms with van der Waals surface area (Å²) < 4.78 is 4.99. The number of methoxy groups -OCH3 is 1. The van der Waals surface area contributed by atoms with Crippen LogP contribution in [0.3, 0.4) is 0 Å². The van der Waals surface area contributed by atoms with Crippen molar-refractivity contribution in [1.29, 1.82) is 10.8 Å². The maximum Gasteiger partial charge on any atom is 0.0546 e. The fourth-order valence-corrected chi connectivity index (χ4v) is 1.14. The van der Waals surface area contributed by atoms with Crippen molar-refractivity contribution in [2.45, 2.75) is 26.7 Å². The van der Waals surface area contributed by atoms with E-state index in [1.54, 1.807) is 14.0 Å². The lowest BCUT2D eigenvalue weighted by atomic mass is 9.96. The molecule has 0 bridgehead atoms. The predicted molar refractivity (Wildman–Crippen MR) is 51.4 cm³/mol. The molecule has 1 atom stereocenters. The van der Waals surface area contributed by atoms with E-state index in [9.17, 15) is 0 Å². The Morgan fingerprint density at radius 1 is 1.42 bits per heavy atom. The molecule has 3 heteroatoms. The Labute approximate surface area is 74.1 Å². The van der Waals surface area contributed by atoms with Gasteiger partial charge in [-0.1, -0.05) is 6.92 Å². The second-order valence-corrected chi connectivity index (χ2v) is 3.02. The van der Waals surface area contributed by atoms with Crippen molar-refractivity contribution in [2.24, 2.45) is 5.92 Å². The van der Waals surface area contributed by atoms with Gasteiger partial charge in [0.25, 0.3) is 0 Å². The van der Waals surface area contributed by atoms with Gasteiger partial charge in [0.05, 0.1) is 6.61 Å². The third-order valence-electron chi connectivity index (χ3n) is 1.79. The van der Waals surface area contributed by atoms with E-state index < -0.39 is 0 Å². The molecule has 0 saturated heterocycles. The number of rotatable bonds is 6. The van der Waals surface area contributed by atoms with Crippen molar-refractivity contribution in [2.75, 3.05) is 13.7 Å². The van der Waals surface area contributed by atoms with Gasteiger partial charge in [0.1, 0.15) is 0 Å². The predicted octanol–water partition coefficient (Wildman–Crippen LogP) is 2.11. The second kappa shape index (κ2) is 5.89. The summed E-state index contributed by atoms with van der Waals surface area (Å²) in [6, 6.07) is 0. The van der Waals surface area contributed by atoms with Gasteiger partial charge in [-0.3, -0.25) is 0 Å². The Morgan fingerprint density at radius 2 is 2.00 bits per heavy atom. The van der Waals surface area contributed by atoms with Crippen molar-refractivity contribution < 1.29 is 4.74 Å². The highest BCUT2D eigenvalue weighted by atomic mass is 16.5. The van der Waals surface area contributed by atoms with Crippen LogP contribution in [0.15, 0.2) is 0 Å². The van der Waals surface area contributed by atoms with Gasteiger partial charge in [-0.25, -0.2) is 0 Å². The molecule has 0 aliphatic carbocycles. The van der Waals surface area contributed by atoms with Crippen LogP contribution in [-0.4, -0.2) is 25.1 Å². The quantitative estimate of drug-likeness (QED) is 0.589. The minimum atomic E-state index is 0.109. The third kappa shape index (κ3) is 4.23. The Bertz CT molecular complexity index is 166. The van der Waals surface area contributed by atoms with Gasteiger partial charge in [0.15, 0.2) is 0 Å². The van der Waals surface area contributed by atoms with Crippen LogP contribution in [0.25, 0.3) is 0 Å². The molecule has 0 fully saturated rings. The molecule has 70 valence electrons. The van der Waals surface area contributed by atoms with E-state index >= 15 is 0 Å². The normalized spacial score (nSPS) is 12.6. The fraction of sp³-hybridized carbons (Fsp3) is 0.778. The molecule has 0 amide bonds. The SMILES string of the molecule is CCC(=N)C(COC)CC(C)=N. The molecule has 0 aliphatic rings. The lowest BCUT2D eigenvalue weighted by Crippen LogP contribution is -2.20. The summed E-state index contributed by atoms with van der Waals surface area (Å²) in [5.74, 6) is 0.109. The van der Waals surface area contributed by atoms with Crippen LogP contribution in [0.2, 0.25) is 0 Å². The second-order valence-electron chi connectivity index (χ2n) is 3.02. The van der Waals surface area contributed by atoms with Crippen molar-refractivity contribution >= 4 is 11.4 Å². The zero-order chi connectivity index (χ0) is 9.56. The molecule has 12 heavy (non-hydrogen) atoms. The average molecular weight is 170 g/mol. The molecule has 0 aromatic carbocycles. The van der Waals surface area contributed by atoms with E-state index in [0.29, 0.717) is 24.5 Å². The van der Waals surface area contributed by atoms with Gasteiger partial charge in [0.2, 0.25) is 0 Å². The summed E-state index contributed by atoms with van der Waals surface area (Å²) in [6.45, 7) is 4.29. The standard InChI is InChI=1S/C9H18N2O/c1-4-9(11)8(6-12-3)5-7(2)10/h8,10-11H,4-6H2,1-3H3. The van der Waals surface area contributed by atoms with Crippen molar-refractivity contribution in [1.82, 2.24) is 0 Å². The molecule has 0 aromatic heterocycles. The van der Waals surface area contributed by atoms with Gasteiger partial charge in [-0.15, -0.1) is 0 Å². The highest BCUT2D eigenvalue weighted by Gasteiger charge is 2.13. The summed E-state index contributed by atoms with van der Waals surface area (Å²) in [4.78, 5) is 0. The van der Waals surface area contributed by atoms with E-state index in [4.69, 9.17) is 15.6 Å². The van der Waals surface area contributed by atoms with Crippen LogP contribution in [-0.2, 0) is 4.74 Å². The van der Waals surface area contributed by atoms with Crippen molar-refractivity contribution in [3.63, 3.8) is 0 Å². The average Bonchev–Trinajstić information content (AvgIpc) is 2.01. The Morgan fingerprint density at radius 3 is 2.33 bits per heavy atom. The van der Waals surface area contributed by atoms with Gasteiger partial charge < -0.3 is 15.6 Å². The summed E-state index contributed by atoms with van der Waals surface area (Å²) in [5, 5.41) is 14.9. The first-order valence-electron chi connectivity index (χ1n) is 4.22. The molecule has 0 heterocycles. The van der Waals surface area contributed by atoms with Gasteiger partial charge in [-0.2, -0.15) is 0 Å². The first kappa shape index (κ1) is 11.3. The highest BCUT2D eigenvalue weighted by molar-refractivity contribution is 5.89. The number of hydrogen-bond donors (Lipinski definition) is 2. The lowest BCUT2D eigenvalue weighted by molar-refractivity contribution is 0.177. The minimum absolute atomic E-state index is 0.109. The van der Waals surface area contributed by atoms with E-state index in [1.807, 2.05) is 6.92 Å². The van der Waals surface area contributed by atoms with Crippen LogP contribution in [0.4, 0.5) is 0 Å². The number of nitrogens with one attached hydrogen (secondary N) is 2. The smallest absolute Gasteiger partial charge is 0.0546 e. The van der Waals surface area contributed by atoms with Crippen LogP contribution in [0.1, 0.15) is 26.7 Å². The highest BCUT2D eigenvalue weighted by Crippen LogP contribution is 2.08. The molecule has 0 aliphatic heterocycles. The monoisotopic (exact) mass is 170 g/mol. The maximum absolute atomic E-state index is 7.61. The molecule has 1 unspecified atom stereocenters. The van der Waals surface area contributed by atoms with E-state index in [1.165, 1.54) is 0 Å². The van der Waals surface area contributed by atoms with Crippen LogP contribution in [0, 0.1) is 16.7 Å². The molecular weight excluding hydrogens is 152 g/mol. The summed E-state index contributed by atoms with van der Waals surface area (Å²) in [5.41, 5.74) is 1.30. The molecular formula is C9H18N2O. The van der Waals surface area contributed by atoms with Gasteiger partial charge >= 0.3 is 0 Å². The van der Waals surface area contributed by atoms with Crippen molar-refractivity contribution in [3.05, 3.63) is 0 Å². The van der Waals surface area contributed by atoms with E-state index in [2.05, 4.69) is 0 Å². The van der Waals surface area contributed by atoms with Crippen molar-refractivity contribution in [3.8, 4) is 0 Å². The molecule has 2 N–H and O–H groups in total. The molecule has 3 nitrogen and oxygen atoms in total. The maximum atomic E-state index is 7.61. The van der Waals surface area contributed by atoms with Crippen LogP contribution >= 0.6 is 0 Å². The Kier molecular flexibility index (Phi) is 5.54. The molecule has 0 spiro atoms. The Hall–Kier alpha value is -0.700. The van der Waals surface area contributed by atoms with Gasteiger partial charge in [-0.05, 0) is 19.8 Å². The fourth-order valence-electron chi connectivity index (χ4n) is 1.14. The zero-order valence-corrected chi connectivity index (χ0v) is 8.11. The molecule has 0 rings (SSSR count). The number of ether oxygens (including phenoxy) is 1. The summed E-state index contributed by atoms with van der Waals surface area (Å²) >= 11 is 0. The zero-order valence-electron chi connectivity index (χ0n) is 8.11. The summed E-state index contributed by atoms with van der Waals surface area (Å²) in [7, 11) is 1.63. The third-order valence-corrected chi connectivity index (χ3v) is 1.79. The lowest BCUT2D eigenvalue weighted by Gasteiger charge is -2.15. The topological polar surface area (TPSA) is 56.9 Å². The molecule has 0 radical (unpaired) electrons. The largest absolute Gasteiger partial charge is 0.384 e. The van der Waals surface area contributed by atoms with Crippen LogP contribution in [0.5, 0.6) is 0 Å². The summed E-state index contributed by atoms with van der Waals surface area (Å²) in [6.07, 6.45) is 1.40. The van der Waals surface area contributed by atoms with Gasteiger partial charge in [0, 0.05) is 24.5 Å². The number of hydrogen-bond acceptors (Lipinski definition) is 3. The first-order valence-corrected chi connectivity index (χ1v) is 4.22. The van der Waals surface area contributed by atoms with Crippen LogP contribution < -0.4 is 0 Å². The minimum Gasteiger partial charge on any atom is -0.384 e.